The lowest BCUT2D eigenvalue weighted by Crippen LogP contribution is -2.47. The predicted molar refractivity (Wildman–Crippen MR) is 83.1 cm³/mol. The van der Waals surface area contributed by atoms with E-state index in [4.69, 9.17) is 16.3 Å². The maximum Gasteiger partial charge on any atom is 0.261 e. The smallest absolute Gasteiger partial charge is 0.261 e. The number of halogens is 1. The van der Waals surface area contributed by atoms with Crippen molar-refractivity contribution < 1.29 is 9.53 Å². The molecule has 0 saturated heterocycles. The Kier molecular flexibility index (Phi) is 6.34. The third-order valence-corrected chi connectivity index (χ3v) is 3.57. The highest BCUT2D eigenvalue weighted by molar-refractivity contribution is 6.32. The Hall–Kier alpha value is -1.22. The summed E-state index contributed by atoms with van der Waals surface area (Å²) in [7, 11) is 0. The fourth-order valence-corrected chi connectivity index (χ4v) is 2.35. The molecule has 4 heteroatoms. The highest BCUT2D eigenvalue weighted by atomic mass is 35.5. The minimum absolute atomic E-state index is 0.114. The number of para-hydroxylation sites is 1. The van der Waals surface area contributed by atoms with Gasteiger partial charge in [-0.25, -0.2) is 0 Å². The van der Waals surface area contributed by atoms with Crippen molar-refractivity contribution in [2.24, 2.45) is 11.8 Å². The molecule has 1 N–H and O–H groups in total. The number of carbonyl (C=O) groups excluding carboxylic acids is 1. The number of rotatable bonds is 6. The van der Waals surface area contributed by atoms with Crippen LogP contribution >= 0.6 is 11.6 Å². The molecule has 0 aliphatic heterocycles. The van der Waals surface area contributed by atoms with Crippen molar-refractivity contribution in [2.45, 2.75) is 46.8 Å². The van der Waals surface area contributed by atoms with Crippen molar-refractivity contribution in [3.05, 3.63) is 29.3 Å². The Morgan fingerprint density at radius 2 is 1.65 bits per heavy atom. The van der Waals surface area contributed by atoms with E-state index in [1.54, 1.807) is 19.1 Å². The van der Waals surface area contributed by atoms with E-state index < -0.39 is 6.10 Å². The molecule has 0 unspecified atom stereocenters. The van der Waals surface area contributed by atoms with Crippen molar-refractivity contribution in [3.63, 3.8) is 0 Å². The second kappa shape index (κ2) is 7.53. The number of nitrogens with one attached hydrogen (secondary N) is 1. The lowest BCUT2D eigenvalue weighted by atomic mass is 9.93. The standard InChI is InChI=1S/C16H24ClNO2/c1-10(2)15(11(3)4)18-16(19)12(5)20-14-9-7-6-8-13(14)17/h6-12,15H,1-5H3,(H,18,19)/t12-/m0/s1. The summed E-state index contributed by atoms with van der Waals surface area (Å²) in [5, 5.41) is 3.56. The van der Waals surface area contributed by atoms with Crippen LogP contribution in [0.3, 0.4) is 0 Å². The van der Waals surface area contributed by atoms with Crippen LogP contribution in [0.15, 0.2) is 24.3 Å². The third kappa shape index (κ3) is 4.71. The van der Waals surface area contributed by atoms with Gasteiger partial charge in [0, 0.05) is 6.04 Å². The van der Waals surface area contributed by atoms with Crippen LogP contribution < -0.4 is 10.1 Å². The number of hydrogen-bond acceptors (Lipinski definition) is 2. The van der Waals surface area contributed by atoms with Gasteiger partial charge in [0.1, 0.15) is 5.75 Å². The van der Waals surface area contributed by atoms with Crippen molar-refractivity contribution in [3.8, 4) is 5.75 Å². The molecule has 0 fully saturated rings. The van der Waals surface area contributed by atoms with Gasteiger partial charge in [-0.3, -0.25) is 4.79 Å². The Bertz CT molecular complexity index is 438. The summed E-state index contributed by atoms with van der Waals surface area (Å²) in [4.78, 5) is 12.2. The molecule has 1 aromatic carbocycles. The van der Waals surface area contributed by atoms with Gasteiger partial charge in [0.2, 0.25) is 0 Å². The highest BCUT2D eigenvalue weighted by Gasteiger charge is 2.23. The second-order valence-corrected chi connectivity index (χ2v) is 6.12. The highest BCUT2D eigenvalue weighted by Crippen LogP contribution is 2.24. The van der Waals surface area contributed by atoms with Gasteiger partial charge >= 0.3 is 0 Å². The topological polar surface area (TPSA) is 38.3 Å². The first kappa shape index (κ1) is 16.8. The molecule has 0 spiro atoms. The molecule has 0 radical (unpaired) electrons. The maximum atomic E-state index is 12.2. The molecule has 0 aliphatic carbocycles. The SMILES string of the molecule is CC(C)C(NC(=O)[C@H](C)Oc1ccccc1Cl)C(C)C. The summed E-state index contributed by atoms with van der Waals surface area (Å²) >= 11 is 6.02. The first-order valence-electron chi connectivity index (χ1n) is 7.04. The first-order valence-corrected chi connectivity index (χ1v) is 7.42. The molecule has 0 heterocycles. The van der Waals surface area contributed by atoms with E-state index >= 15 is 0 Å². The van der Waals surface area contributed by atoms with Gasteiger partial charge in [-0.2, -0.15) is 0 Å². The van der Waals surface area contributed by atoms with E-state index in [1.165, 1.54) is 0 Å². The summed E-state index contributed by atoms with van der Waals surface area (Å²) in [6, 6.07) is 7.30. The number of hydrogen-bond donors (Lipinski definition) is 1. The van der Waals surface area contributed by atoms with E-state index in [9.17, 15) is 4.79 Å². The molecular formula is C16H24ClNO2. The molecule has 1 amide bonds. The van der Waals surface area contributed by atoms with E-state index in [0.717, 1.165) is 0 Å². The Labute approximate surface area is 126 Å². The lowest BCUT2D eigenvalue weighted by molar-refractivity contribution is -0.128. The number of amides is 1. The zero-order valence-electron chi connectivity index (χ0n) is 12.8. The zero-order chi connectivity index (χ0) is 15.3. The second-order valence-electron chi connectivity index (χ2n) is 5.71. The normalized spacial score (nSPS) is 12.8. The fourth-order valence-electron chi connectivity index (χ4n) is 2.17. The summed E-state index contributed by atoms with van der Waals surface area (Å²) in [5.74, 6) is 1.18. The van der Waals surface area contributed by atoms with Crippen LogP contribution in [0.4, 0.5) is 0 Å². The van der Waals surface area contributed by atoms with Crippen LogP contribution in [0.5, 0.6) is 5.75 Å². The van der Waals surface area contributed by atoms with Crippen LogP contribution in [0.1, 0.15) is 34.6 Å². The first-order chi connectivity index (χ1) is 9.32. The molecule has 0 aliphatic rings. The van der Waals surface area contributed by atoms with E-state index in [1.807, 2.05) is 12.1 Å². The minimum atomic E-state index is -0.574. The van der Waals surface area contributed by atoms with Gasteiger partial charge in [-0.05, 0) is 30.9 Å². The monoisotopic (exact) mass is 297 g/mol. The van der Waals surface area contributed by atoms with Gasteiger partial charge < -0.3 is 10.1 Å². The molecule has 1 rings (SSSR count). The van der Waals surface area contributed by atoms with E-state index in [2.05, 4.69) is 33.0 Å². The van der Waals surface area contributed by atoms with Gasteiger partial charge in [-0.1, -0.05) is 51.4 Å². The number of carbonyl (C=O) groups is 1. The van der Waals surface area contributed by atoms with Crippen LogP contribution in [-0.2, 0) is 4.79 Å². The third-order valence-electron chi connectivity index (χ3n) is 3.26. The van der Waals surface area contributed by atoms with Gasteiger partial charge in [0.05, 0.1) is 5.02 Å². The summed E-state index contributed by atoms with van der Waals surface area (Å²) in [5.41, 5.74) is 0. The summed E-state index contributed by atoms with van der Waals surface area (Å²) in [6.45, 7) is 10.1. The minimum Gasteiger partial charge on any atom is -0.479 e. The summed E-state index contributed by atoms with van der Waals surface area (Å²) < 4.78 is 5.62. The molecule has 0 saturated carbocycles. The largest absolute Gasteiger partial charge is 0.479 e. The Morgan fingerprint density at radius 1 is 1.10 bits per heavy atom. The maximum absolute atomic E-state index is 12.2. The Balaban J connectivity index is 2.65. The van der Waals surface area contributed by atoms with Crippen molar-refractivity contribution in [1.82, 2.24) is 5.32 Å². The zero-order valence-corrected chi connectivity index (χ0v) is 13.6. The van der Waals surface area contributed by atoms with Crippen LogP contribution in [0.25, 0.3) is 0 Å². The molecule has 20 heavy (non-hydrogen) atoms. The molecule has 0 aromatic heterocycles. The lowest BCUT2D eigenvalue weighted by Gasteiger charge is -2.27. The van der Waals surface area contributed by atoms with Crippen LogP contribution in [0.2, 0.25) is 5.02 Å². The molecule has 1 atom stereocenters. The average Bonchev–Trinajstić information content (AvgIpc) is 2.37. The molecular weight excluding hydrogens is 274 g/mol. The average molecular weight is 298 g/mol. The van der Waals surface area contributed by atoms with Crippen LogP contribution in [-0.4, -0.2) is 18.1 Å². The number of benzene rings is 1. The van der Waals surface area contributed by atoms with Gasteiger partial charge in [-0.15, -0.1) is 0 Å². The van der Waals surface area contributed by atoms with Gasteiger partial charge in [0.15, 0.2) is 6.10 Å². The molecule has 3 nitrogen and oxygen atoms in total. The van der Waals surface area contributed by atoms with Crippen molar-refractivity contribution in [2.75, 3.05) is 0 Å². The quantitative estimate of drug-likeness (QED) is 0.864. The van der Waals surface area contributed by atoms with E-state index in [-0.39, 0.29) is 11.9 Å². The molecule has 112 valence electrons. The fraction of sp³-hybridized carbons (Fsp3) is 0.562. The van der Waals surface area contributed by atoms with E-state index in [0.29, 0.717) is 22.6 Å². The summed E-state index contributed by atoms with van der Waals surface area (Å²) in [6.07, 6.45) is -0.574. The van der Waals surface area contributed by atoms with Gasteiger partial charge in [0.25, 0.3) is 5.91 Å². The molecule has 1 aromatic rings. The van der Waals surface area contributed by atoms with Crippen molar-refractivity contribution >= 4 is 17.5 Å². The Morgan fingerprint density at radius 3 is 2.15 bits per heavy atom. The van der Waals surface area contributed by atoms with Crippen molar-refractivity contribution in [1.29, 1.82) is 0 Å². The van der Waals surface area contributed by atoms with Crippen LogP contribution in [0, 0.1) is 11.8 Å². The number of ether oxygens (including phenoxy) is 1. The predicted octanol–water partition coefficient (Wildman–Crippen LogP) is 3.90. The molecule has 0 bridgehead atoms.